The first-order valence-corrected chi connectivity index (χ1v) is 4.18. The Kier molecular flexibility index (Phi) is 1.69. The van der Waals surface area contributed by atoms with Gasteiger partial charge in [0, 0.05) is 5.39 Å². The summed E-state index contributed by atoms with van der Waals surface area (Å²) in [5, 5.41) is 0.991. The Bertz CT molecular complexity index is 466. The molecule has 0 unspecified atom stereocenters. The molecule has 0 N–H and O–H groups in total. The molecule has 0 spiro atoms. The Hall–Kier alpha value is -1.57. The monoisotopic (exact) mass is 174 g/mol. The number of Topliss-reactive ketones (excluding diaryl/α,β-unsaturated/α-hetero) is 1. The third-order valence-corrected chi connectivity index (χ3v) is 2.05. The molecule has 2 rings (SSSR count). The van der Waals surface area contributed by atoms with Crippen molar-refractivity contribution in [2.24, 2.45) is 0 Å². The Morgan fingerprint density at radius 1 is 1.38 bits per heavy atom. The van der Waals surface area contributed by atoms with Crippen LogP contribution in [0.25, 0.3) is 11.0 Å². The van der Waals surface area contributed by atoms with Crippen LogP contribution in [0, 0.1) is 6.92 Å². The van der Waals surface area contributed by atoms with Gasteiger partial charge < -0.3 is 4.42 Å². The molecule has 2 aromatic rings. The van der Waals surface area contributed by atoms with Crippen molar-refractivity contribution in [3.63, 3.8) is 0 Å². The van der Waals surface area contributed by atoms with Crippen LogP contribution in [-0.2, 0) is 0 Å². The highest BCUT2D eigenvalue weighted by atomic mass is 16.3. The molecule has 13 heavy (non-hydrogen) atoms. The van der Waals surface area contributed by atoms with E-state index in [9.17, 15) is 4.79 Å². The quantitative estimate of drug-likeness (QED) is 0.622. The lowest BCUT2D eigenvalue weighted by atomic mass is 10.1. The fourth-order valence-electron chi connectivity index (χ4n) is 1.47. The third kappa shape index (κ3) is 1.24. The average Bonchev–Trinajstić information content (AvgIpc) is 2.43. The van der Waals surface area contributed by atoms with Crippen molar-refractivity contribution in [3.05, 3.63) is 35.6 Å². The fourth-order valence-corrected chi connectivity index (χ4v) is 1.47. The normalized spacial score (nSPS) is 10.6. The van der Waals surface area contributed by atoms with Crippen molar-refractivity contribution in [2.75, 3.05) is 0 Å². The predicted molar refractivity (Wildman–Crippen MR) is 51.0 cm³/mol. The van der Waals surface area contributed by atoms with E-state index < -0.39 is 0 Å². The van der Waals surface area contributed by atoms with E-state index in [-0.39, 0.29) is 5.78 Å². The van der Waals surface area contributed by atoms with E-state index in [2.05, 4.69) is 0 Å². The molecule has 1 aromatic carbocycles. The van der Waals surface area contributed by atoms with E-state index in [1.54, 1.807) is 13.0 Å². The molecule has 66 valence electrons. The number of hydrogen-bond donors (Lipinski definition) is 0. The first kappa shape index (κ1) is 8.05. The Balaban J connectivity index is 2.82. The summed E-state index contributed by atoms with van der Waals surface area (Å²) in [7, 11) is 0. The second-order valence-electron chi connectivity index (χ2n) is 3.14. The number of benzene rings is 1. The van der Waals surface area contributed by atoms with Crippen molar-refractivity contribution in [3.8, 4) is 0 Å². The van der Waals surface area contributed by atoms with Crippen molar-refractivity contribution >= 4 is 16.8 Å². The van der Waals surface area contributed by atoms with Gasteiger partial charge in [-0.3, -0.25) is 4.79 Å². The maximum atomic E-state index is 11.2. The van der Waals surface area contributed by atoms with Crippen LogP contribution in [-0.4, -0.2) is 5.78 Å². The predicted octanol–water partition coefficient (Wildman–Crippen LogP) is 2.94. The van der Waals surface area contributed by atoms with Gasteiger partial charge in [0.25, 0.3) is 0 Å². The number of rotatable bonds is 1. The zero-order chi connectivity index (χ0) is 9.42. The highest BCUT2D eigenvalue weighted by Crippen LogP contribution is 2.22. The van der Waals surface area contributed by atoms with Gasteiger partial charge in [-0.1, -0.05) is 12.1 Å². The molecule has 0 fully saturated rings. The van der Waals surface area contributed by atoms with Gasteiger partial charge in [0.2, 0.25) is 0 Å². The lowest BCUT2D eigenvalue weighted by molar-refractivity contribution is 0.101. The van der Waals surface area contributed by atoms with E-state index in [1.807, 2.05) is 25.1 Å². The molecule has 2 nitrogen and oxygen atoms in total. The van der Waals surface area contributed by atoms with E-state index in [0.717, 1.165) is 11.1 Å². The van der Waals surface area contributed by atoms with Crippen LogP contribution in [0.5, 0.6) is 0 Å². The van der Waals surface area contributed by atoms with E-state index in [1.165, 1.54) is 0 Å². The standard InChI is InChI=1S/C11H10O2/c1-7-6-9-4-3-5-10(8(2)12)11(9)13-7/h3-6H,1-2H3. The van der Waals surface area contributed by atoms with Gasteiger partial charge in [-0.05, 0) is 26.0 Å². The van der Waals surface area contributed by atoms with E-state index >= 15 is 0 Å². The number of furan rings is 1. The summed E-state index contributed by atoms with van der Waals surface area (Å²) >= 11 is 0. The number of ketones is 1. The summed E-state index contributed by atoms with van der Waals surface area (Å²) in [5.74, 6) is 0.878. The van der Waals surface area contributed by atoms with Crippen molar-refractivity contribution < 1.29 is 9.21 Å². The number of fused-ring (bicyclic) bond motifs is 1. The maximum absolute atomic E-state index is 11.2. The van der Waals surface area contributed by atoms with Crippen molar-refractivity contribution in [1.29, 1.82) is 0 Å². The lowest BCUT2D eigenvalue weighted by Crippen LogP contribution is -1.90. The first-order valence-electron chi connectivity index (χ1n) is 4.18. The van der Waals surface area contributed by atoms with Crippen molar-refractivity contribution in [2.45, 2.75) is 13.8 Å². The van der Waals surface area contributed by atoms with Crippen LogP contribution >= 0.6 is 0 Å². The molecule has 1 heterocycles. The van der Waals surface area contributed by atoms with E-state index in [4.69, 9.17) is 4.42 Å². The molecular formula is C11H10O2. The van der Waals surface area contributed by atoms with Gasteiger partial charge in [0.05, 0.1) is 5.56 Å². The second kappa shape index (κ2) is 2.73. The van der Waals surface area contributed by atoms with Gasteiger partial charge in [-0.2, -0.15) is 0 Å². The number of hydrogen-bond acceptors (Lipinski definition) is 2. The summed E-state index contributed by atoms with van der Waals surface area (Å²) in [6, 6.07) is 7.53. The molecular weight excluding hydrogens is 164 g/mol. The average molecular weight is 174 g/mol. The SMILES string of the molecule is CC(=O)c1cccc2cc(C)oc12. The lowest BCUT2D eigenvalue weighted by Gasteiger charge is -1.95. The maximum Gasteiger partial charge on any atom is 0.163 e. The molecule has 0 atom stereocenters. The van der Waals surface area contributed by atoms with Crippen LogP contribution in [0.3, 0.4) is 0 Å². The summed E-state index contributed by atoms with van der Waals surface area (Å²) in [4.78, 5) is 11.2. The summed E-state index contributed by atoms with van der Waals surface area (Å²) in [6.45, 7) is 3.43. The Labute approximate surface area is 76.2 Å². The molecule has 0 saturated carbocycles. The van der Waals surface area contributed by atoms with Crippen LogP contribution in [0.4, 0.5) is 0 Å². The minimum atomic E-state index is 0.0416. The summed E-state index contributed by atoms with van der Waals surface area (Å²) < 4.78 is 5.44. The zero-order valence-corrected chi connectivity index (χ0v) is 7.63. The largest absolute Gasteiger partial charge is 0.461 e. The molecule has 0 aliphatic heterocycles. The Morgan fingerprint density at radius 3 is 2.85 bits per heavy atom. The highest BCUT2D eigenvalue weighted by molar-refractivity contribution is 6.04. The Morgan fingerprint density at radius 2 is 2.15 bits per heavy atom. The fraction of sp³-hybridized carbons (Fsp3) is 0.182. The molecule has 0 saturated heterocycles. The molecule has 1 aromatic heterocycles. The van der Waals surface area contributed by atoms with Crippen LogP contribution < -0.4 is 0 Å². The smallest absolute Gasteiger partial charge is 0.163 e. The first-order chi connectivity index (χ1) is 6.18. The molecule has 0 amide bonds. The molecule has 0 aliphatic carbocycles. The second-order valence-corrected chi connectivity index (χ2v) is 3.14. The minimum absolute atomic E-state index is 0.0416. The number of carbonyl (C=O) groups excluding carboxylic acids is 1. The van der Waals surface area contributed by atoms with E-state index in [0.29, 0.717) is 11.1 Å². The van der Waals surface area contributed by atoms with Gasteiger partial charge in [0.1, 0.15) is 11.3 Å². The molecule has 0 radical (unpaired) electrons. The highest BCUT2D eigenvalue weighted by Gasteiger charge is 2.08. The molecule has 0 bridgehead atoms. The van der Waals surface area contributed by atoms with Crippen molar-refractivity contribution in [1.82, 2.24) is 0 Å². The van der Waals surface area contributed by atoms with Gasteiger partial charge in [-0.15, -0.1) is 0 Å². The third-order valence-electron chi connectivity index (χ3n) is 2.05. The number of para-hydroxylation sites is 1. The summed E-state index contributed by atoms with van der Waals surface area (Å²) in [5.41, 5.74) is 1.36. The molecule has 2 heteroatoms. The number of aryl methyl sites for hydroxylation is 1. The van der Waals surface area contributed by atoms with Crippen LogP contribution in [0.2, 0.25) is 0 Å². The topological polar surface area (TPSA) is 30.2 Å². The minimum Gasteiger partial charge on any atom is -0.461 e. The van der Waals surface area contributed by atoms with Gasteiger partial charge in [-0.25, -0.2) is 0 Å². The zero-order valence-electron chi connectivity index (χ0n) is 7.63. The number of carbonyl (C=O) groups is 1. The summed E-state index contributed by atoms with van der Waals surface area (Å²) in [6.07, 6.45) is 0. The van der Waals surface area contributed by atoms with Gasteiger partial charge in [0.15, 0.2) is 5.78 Å². The van der Waals surface area contributed by atoms with Crippen LogP contribution in [0.1, 0.15) is 23.0 Å². The van der Waals surface area contributed by atoms with Gasteiger partial charge >= 0.3 is 0 Å². The molecule has 0 aliphatic rings. The van der Waals surface area contributed by atoms with Crippen LogP contribution in [0.15, 0.2) is 28.7 Å².